The van der Waals surface area contributed by atoms with Crippen LogP contribution in [0, 0.1) is 6.92 Å². The van der Waals surface area contributed by atoms with Crippen molar-refractivity contribution in [2.24, 2.45) is 0 Å². The molecule has 1 aromatic heterocycles. The molecule has 0 bridgehead atoms. The second kappa shape index (κ2) is 8.23. The van der Waals surface area contributed by atoms with Crippen LogP contribution in [0.4, 0.5) is 0 Å². The van der Waals surface area contributed by atoms with E-state index in [9.17, 15) is 4.79 Å². The first-order valence-corrected chi connectivity index (χ1v) is 11.2. The normalized spacial score (nSPS) is 16.3. The van der Waals surface area contributed by atoms with Gasteiger partial charge in [0.05, 0.1) is 12.3 Å². The van der Waals surface area contributed by atoms with E-state index in [1.807, 2.05) is 30.3 Å². The minimum atomic E-state index is -0.239. The molecule has 2 aliphatic rings. The lowest BCUT2D eigenvalue weighted by Crippen LogP contribution is -2.05. The van der Waals surface area contributed by atoms with Crippen molar-refractivity contribution in [2.45, 2.75) is 39.2 Å². The fourth-order valence-corrected chi connectivity index (χ4v) is 5.00. The monoisotopic (exact) mass is 437 g/mol. The lowest BCUT2D eigenvalue weighted by atomic mass is 10.1. The molecule has 1 aliphatic carbocycles. The summed E-state index contributed by atoms with van der Waals surface area (Å²) in [6.07, 6.45) is 2.34. The largest absolute Gasteiger partial charge is 0.493 e. The minimum Gasteiger partial charge on any atom is -0.493 e. The molecular formula is C24H23NO5S. The van der Waals surface area contributed by atoms with Crippen LogP contribution in [0.3, 0.4) is 0 Å². The Bertz CT molecular complexity index is 1140. The smallest absolute Gasteiger partial charge is 0.303 e. The van der Waals surface area contributed by atoms with Crippen molar-refractivity contribution < 1.29 is 23.7 Å². The number of aromatic nitrogens is 1. The van der Waals surface area contributed by atoms with Gasteiger partial charge in [0, 0.05) is 23.8 Å². The molecule has 2 aromatic carbocycles. The Morgan fingerprint density at radius 1 is 1.19 bits per heavy atom. The van der Waals surface area contributed by atoms with Crippen LogP contribution < -0.4 is 14.2 Å². The van der Waals surface area contributed by atoms with Gasteiger partial charge in [-0.25, -0.2) is 4.98 Å². The fraction of sp³-hybridized carbons (Fsp3) is 0.333. The van der Waals surface area contributed by atoms with E-state index >= 15 is 0 Å². The first-order chi connectivity index (χ1) is 15.1. The van der Waals surface area contributed by atoms with Crippen molar-refractivity contribution >= 4 is 17.3 Å². The van der Waals surface area contributed by atoms with E-state index in [-0.39, 0.29) is 18.9 Å². The van der Waals surface area contributed by atoms with Crippen molar-refractivity contribution in [1.29, 1.82) is 0 Å². The molecule has 2 heterocycles. The van der Waals surface area contributed by atoms with Crippen LogP contribution in [-0.2, 0) is 22.4 Å². The Hall–Kier alpha value is -3.06. The average molecular weight is 438 g/mol. The number of benzene rings is 2. The van der Waals surface area contributed by atoms with Crippen LogP contribution in [0.25, 0.3) is 10.6 Å². The summed E-state index contributed by atoms with van der Waals surface area (Å²) in [5.41, 5.74) is 4.36. The maximum atomic E-state index is 11.3. The fourth-order valence-electron chi connectivity index (χ4n) is 4.05. The molecule has 1 atom stereocenters. The Morgan fingerprint density at radius 2 is 2.06 bits per heavy atom. The Labute approximate surface area is 184 Å². The summed E-state index contributed by atoms with van der Waals surface area (Å²) in [4.78, 5) is 17.3. The molecule has 5 rings (SSSR count). The number of esters is 1. The predicted octanol–water partition coefficient (Wildman–Crippen LogP) is 5.02. The number of nitrogens with zero attached hydrogens (tertiary/aromatic N) is 1. The number of fused-ring (bicyclic) bond motifs is 2. The molecular weight excluding hydrogens is 414 g/mol. The summed E-state index contributed by atoms with van der Waals surface area (Å²) in [5, 5.41) is 0.972. The van der Waals surface area contributed by atoms with Crippen molar-refractivity contribution in [1.82, 2.24) is 4.98 Å². The Balaban J connectivity index is 1.22. The molecule has 0 N–H and O–H groups in total. The van der Waals surface area contributed by atoms with Gasteiger partial charge in [0.25, 0.3) is 0 Å². The number of carbonyl (C=O) groups excluding carboxylic acids is 1. The average Bonchev–Trinajstić information content (AvgIpc) is 3.46. The van der Waals surface area contributed by atoms with Gasteiger partial charge in [-0.3, -0.25) is 4.79 Å². The van der Waals surface area contributed by atoms with Gasteiger partial charge in [-0.05, 0) is 61.2 Å². The zero-order valence-electron chi connectivity index (χ0n) is 17.5. The molecule has 3 aromatic rings. The van der Waals surface area contributed by atoms with Gasteiger partial charge in [0.2, 0.25) is 6.79 Å². The van der Waals surface area contributed by atoms with E-state index in [0.29, 0.717) is 6.61 Å². The van der Waals surface area contributed by atoms with E-state index in [1.54, 1.807) is 11.3 Å². The first kappa shape index (κ1) is 19.9. The van der Waals surface area contributed by atoms with Crippen molar-refractivity contribution in [3.05, 3.63) is 58.1 Å². The lowest BCUT2D eigenvalue weighted by Gasteiger charge is -2.12. The van der Waals surface area contributed by atoms with Crippen LogP contribution in [0.15, 0.2) is 36.4 Å². The van der Waals surface area contributed by atoms with Gasteiger partial charge in [-0.2, -0.15) is 0 Å². The third-order valence-electron chi connectivity index (χ3n) is 5.57. The number of ether oxygens (including phenoxy) is 4. The molecule has 0 saturated carbocycles. The van der Waals surface area contributed by atoms with Crippen molar-refractivity contribution in [2.75, 3.05) is 13.4 Å². The molecule has 1 aliphatic heterocycles. The summed E-state index contributed by atoms with van der Waals surface area (Å²) in [6.45, 7) is 4.37. The summed E-state index contributed by atoms with van der Waals surface area (Å²) in [5.74, 6) is 2.14. The Kier molecular flexibility index (Phi) is 5.28. The van der Waals surface area contributed by atoms with Crippen LogP contribution in [0.1, 0.15) is 41.1 Å². The highest BCUT2D eigenvalue weighted by Crippen LogP contribution is 2.38. The lowest BCUT2D eigenvalue weighted by molar-refractivity contribution is -0.146. The van der Waals surface area contributed by atoms with Gasteiger partial charge in [-0.1, -0.05) is 6.07 Å². The standard InChI is InChI=1S/C24H23NO5S/c1-14-20(25-24(31-14)17-4-8-22-23(12-17)29-13-28-22)9-10-27-18-5-6-19-16(11-18)3-7-21(19)30-15(2)26/h4-6,8,11-12,21H,3,7,9-10,13H2,1-2H3. The molecule has 6 nitrogen and oxygen atoms in total. The molecule has 0 saturated heterocycles. The third kappa shape index (κ3) is 4.10. The van der Waals surface area contributed by atoms with Gasteiger partial charge < -0.3 is 18.9 Å². The predicted molar refractivity (Wildman–Crippen MR) is 117 cm³/mol. The van der Waals surface area contributed by atoms with Gasteiger partial charge in [-0.15, -0.1) is 11.3 Å². The van der Waals surface area contributed by atoms with E-state index in [0.717, 1.165) is 58.3 Å². The molecule has 0 radical (unpaired) electrons. The third-order valence-corrected chi connectivity index (χ3v) is 6.63. The molecule has 0 spiro atoms. The minimum absolute atomic E-state index is 0.131. The first-order valence-electron chi connectivity index (χ1n) is 10.4. The molecule has 1 unspecified atom stereocenters. The number of thiazole rings is 1. The summed E-state index contributed by atoms with van der Waals surface area (Å²) >= 11 is 1.68. The second-order valence-corrected chi connectivity index (χ2v) is 8.89. The zero-order valence-corrected chi connectivity index (χ0v) is 18.3. The number of rotatable bonds is 6. The van der Waals surface area contributed by atoms with Crippen molar-refractivity contribution in [3.63, 3.8) is 0 Å². The van der Waals surface area contributed by atoms with Crippen LogP contribution >= 0.6 is 11.3 Å². The zero-order chi connectivity index (χ0) is 21.4. The second-order valence-electron chi connectivity index (χ2n) is 7.69. The highest BCUT2D eigenvalue weighted by molar-refractivity contribution is 7.15. The molecule has 0 fully saturated rings. The quantitative estimate of drug-likeness (QED) is 0.505. The Morgan fingerprint density at radius 3 is 2.94 bits per heavy atom. The summed E-state index contributed by atoms with van der Waals surface area (Å²) in [7, 11) is 0. The van der Waals surface area contributed by atoms with E-state index in [1.165, 1.54) is 17.4 Å². The van der Waals surface area contributed by atoms with Gasteiger partial charge in [0.1, 0.15) is 16.9 Å². The topological polar surface area (TPSA) is 66.9 Å². The van der Waals surface area contributed by atoms with E-state index in [4.69, 9.17) is 23.9 Å². The summed E-state index contributed by atoms with van der Waals surface area (Å²) < 4.78 is 22.3. The van der Waals surface area contributed by atoms with Crippen LogP contribution in [0.2, 0.25) is 0 Å². The molecule has 31 heavy (non-hydrogen) atoms. The molecule has 160 valence electrons. The maximum Gasteiger partial charge on any atom is 0.303 e. The summed E-state index contributed by atoms with van der Waals surface area (Å²) in [6, 6.07) is 11.9. The maximum absolute atomic E-state index is 11.3. The highest BCUT2D eigenvalue weighted by Gasteiger charge is 2.25. The number of hydrogen-bond donors (Lipinski definition) is 0. The number of aryl methyl sites for hydroxylation is 2. The van der Waals surface area contributed by atoms with Crippen LogP contribution in [-0.4, -0.2) is 24.4 Å². The molecule has 0 amide bonds. The number of hydrogen-bond acceptors (Lipinski definition) is 7. The van der Waals surface area contributed by atoms with E-state index < -0.39 is 0 Å². The molecule has 7 heteroatoms. The highest BCUT2D eigenvalue weighted by atomic mass is 32.1. The van der Waals surface area contributed by atoms with E-state index in [2.05, 4.69) is 13.0 Å². The van der Waals surface area contributed by atoms with Gasteiger partial charge >= 0.3 is 5.97 Å². The van der Waals surface area contributed by atoms with Crippen LogP contribution in [0.5, 0.6) is 17.2 Å². The van der Waals surface area contributed by atoms with Gasteiger partial charge in [0.15, 0.2) is 11.5 Å². The SMILES string of the molecule is CC(=O)OC1CCc2cc(OCCc3nc(-c4ccc5c(c4)OCO5)sc3C)ccc21. The van der Waals surface area contributed by atoms with Crippen molar-refractivity contribution in [3.8, 4) is 27.8 Å². The number of carbonyl (C=O) groups is 1.